The van der Waals surface area contributed by atoms with Crippen molar-refractivity contribution in [1.82, 2.24) is 10.2 Å². The highest BCUT2D eigenvalue weighted by Crippen LogP contribution is 2.28. The fraction of sp³-hybridized carbons (Fsp3) is 0.150. The van der Waals surface area contributed by atoms with Gasteiger partial charge in [0.05, 0.1) is 11.7 Å². The van der Waals surface area contributed by atoms with Gasteiger partial charge in [-0.2, -0.15) is 5.10 Å². The Balaban J connectivity index is 1.62. The van der Waals surface area contributed by atoms with Gasteiger partial charge in [0.15, 0.2) is 0 Å². The van der Waals surface area contributed by atoms with Crippen molar-refractivity contribution in [3.63, 3.8) is 0 Å². The topological polar surface area (TPSA) is 107 Å². The van der Waals surface area contributed by atoms with E-state index in [1.165, 1.54) is 0 Å². The fourth-order valence-corrected chi connectivity index (χ4v) is 3.19. The van der Waals surface area contributed by atoms with Crippen molar-refractivity contribution in [3.8, 4) is 5.75 Å². The van der Waals surface area contributed by atoms with Crippen LogP contribution in [0.3, 0.4) is 0 Å². The van der Waals surface area contributed by atoms with Crippen LogP contribution in [-0.2, 0) is 0 Å². The third kappa shape index (κ3) is 2.93. The van der Waals surface area contributed by atoms with Gasteiger partial charge in [0.1, 0.15) is 17.1 Å². The normalized spacial score (nSPS) is 12.4. The third-order valence-electron chi connectivity index (χ3n) is 4.66. The minimum atomic E-state index is -0.550. The number of phenols is 1. The quantitative estimate of drug-likeness (QED) is 0.407. The number of nitrogens with one attached hydrogen (secondary N) is 3. The van der Waals surface area contributed by atoms with Crippen molar-refractivity contribution in [2.24, 2.45) is 0 Å². The van der Waals surface area contributed by atoms with Crippen LogP contribution in [0.15, 0.2) is 52.2 Å². The lowest BCUT2D eigenvalue weighted by Crippen LogP contribution is -2.37. The number of benzene rings is 2. The van der Waals surface area contributed by atoms with Crippen molar-refractivity contribution in [3.05, 3.63) is 74.2 Å². The molecular formula is C20H18N4O3. The second-order valence-electron chi connectivity index (χ2n) is 6.62. The molecule has 136 valence electrons. The van der Waals surface area contributed by atoms with E-state index in [9.17, 15) is 14.7 Å². The summed E-state index contributed by atoms with van der Waals surface area (Å²) in [6.07, 6.45) is 1.71. The van der Waals surface area contributed by atoms with Crippen LogP contribution in [0.2, 0.25) is 0 Å². The van der Waals surface area contributed by atoms with Crippen molar-refractivity contribution in [1.29, 1.82) is 0 Å². The molecule has 4 N–H and O–H groups in total. The summed E-state index contributed by atoms with van der Waals surface area (Å²) in [6.45, 7) is 3.80. The largest absolute Gasteiger partial charge is 0.508 e. The van der Waals surface area contributed by atoms with Crippen LogP contribution in [0.4, 0.5) is 17.1 Å². The molecule has 0 spiro atoms. The highest BCUT2D eigenvalue weighted by atomic mass is 16.3. The molecule has 7 heteroatoms. The monoisotopic (exact) mass is 362 g/mol. The molecule has 1 atom stereocenters. The maximum atomic E-state index is 12.1. The molecule has 7 nitrogen and oxygen atoms in total. The van der Waals surface area contributed by atoms with Gasteiger partial charge in [-0.3, -0.25) is 14.7 Å². The van der Waals surface area contributed by atoms with Crippen molar-refractivity contribution < 1.29 is 5.11 Å². The van der Waals surface area contributed by atoms with Gasteiger partial charge in [-0.15, -0.1) is 0 Å². The summed E-state index contributed by atoms with van der Waals surface area (Å²) in [6, 6.07) is 10.3. The molecule has 27 heavy (non-hydrogen) atoms. The first-order valence-corrected chi connectivity index (χ1v) is 8.53. The maximum absolute atomic E-state index is 12.1. The van der Waals surface area contributed by atoms with E-state index >= 15 is 0 Å². The number of aromatic amines is 1. The summed E-state index contributed by atoms with van der Waals surface area (Å²) < 4.78 is 0. The Morgan fingerprint density at radius 1 is 1.11 bits per heavy atom. The van der Waals surface area contributed by atoms with Gasteiger partial charge in [-0.05, 0) is 49.2 Å². The SMILES string of the molecule is Cc1cc(Nc2c(N[C@H](C)c3cccc(O)c3)c(=O)c2=O)cc2cn[nH]c12. The van der Waals surface area contributed by atoms with Crippen LogP contribution < -0.4 is 21.5 Å². The molecule has 1 heterocycles. The fourth-order valence-electron chi connectivity index (χ4n) is 3.19. The Morgan fingerprint density at radius 3 is 2.67 bits per heavy atom. The van der Waals surface area contributed by atoms with Crippen LogP contribution in [0, 0.1) is 6.92 Å². The molecule has 0 aliphatic rings. The Bertz CT molecular complexity index is 1220. The second-order valence-corrected chi connectivity index (χ2v) is 6.62. The minimum absolute atomic E-state index is 0.147. The summed E-state index contributed by atoms with van der Waals surface area (Å²) >= 11 is 0. The standard InChI is InChI=1S/C20H18N4O3/c1-10-6-14(7-13-9-21-24-16(10)13)23-18-17(19(26)20(18)27)22-11(2)12-4-3-5-15(25)8-12/h3-9,11,22-23,25H,1-2H3,(H,21,24)/t11-/m1/s1. The number of hydrogen-bond donors (Lipinski definition) is 4. The predicted molar refractivity (Wildman–Crippen MR) is 106 cm³/mol. The van der Waals surface area contributed by atoms with E-state index in [0.29, 0.717) is 5.69 Å². The average molecular weight is 362 g/mol. The number of hydrogen-bond acceptors (Lipinski definition) is 6. The molecule has 0 fully saturated rings. The van der Waals surface area contributed by atoms with Crippen molar-refractivity contribution in [2.75, 3.05) is 10.6 Å². The van der Waals surface area contributed by atoms with Gasteiger partial charge in [0.25, 0.3) is 10.9 Å². The van der Waals surface area contributed by atoms with E-state index in [4.69, 9.17) is 0 Å². The smallest absolute Gasteiger partial charge is 0.253 e. The van der Waals surface area contributed by atoms with Crippen LogP contribution in [0.25, 0.3) is 10.9 Å². The van der Waals surface area contributed by atoms with E-state index in [0.717, 1.165) is 22.0 Å². The summed E-state index contributed by atoms with van der Waals surface area (Å²) in [5.74, 6) is 0.147. The number of aromatic nitrogens is 2. The number of fused-ring (bicyclic) bond motifs is 1. The summed E-state index contributed by atoms with van der Waals surface area (Å²) in [5.41, 5.74) is 2.83. The van der Waals surface area contributed by atoms with Gasteiger partial charge in [0.2, 0.25) is 0 Å². The van der Waals surface area contributed by atoms with E-state index in [1.807, 2.05) is 32.0 Å². The molecule has 0 aliphatic heterocycles. The molecule has 0 amide bonds. The lowest BCUT2D eigenvalue weighted by molar-refractivity contribution is 0.474. The number of phenolic OH excluding ortho intramolecular Hbond substituents is 1. The molecule has 3 aromatic carbocycles. The summed E-state index contributed by atoms with van der Waals surface area (Å²) in [5, 5.41) is 23.6. The van der Waals surface area contributed by atoms with Crippen LogP contribution in [0.1, 0.15) is 24.1 Å². The highest BCUT2D eigenvalue weighted by Gasteiger charge is 2.23. The van der Waals surface area contributed by atoms with E-state index in [1.54, 1.807) is 24.4 Å². The van der Waals surface area contributed by atoms with Gasteiger partial charge in [-0.25, -0.2) is 0 Å². The molecule has 1 aromatic heterocycles. The Morgan fingerprint density at radius 2 is 1.89 bits per heavy atom. The molecule has 0 bridgehead atoms. The molecule has 4 rings (SSSR count). The zero-order chi connectivity index (χ0) is 19.1. The molecule has 0 unspecified atom stereocenters. The van der Waals surface area contributed by atoms with Gasteiger partial charge in [-0.1, -0.05) is 12.1 Å². The predicted octanol–water partition coefficient (Wildman–Crippen LogP) is 3.09. The van der Waals surface area contributed by atoms with Crippen LogP contribution in [-0.4, -0.2) is 15.3 Å². The Hall–Kier alpha value is -3.61. The zero-order valence-corrected chi connectivity index (χ0v) is 14.8. The first-order valence-electron chi connectivity index (χ1n) is 8.53. The van der Waals surface area contributed by atoms with Crippen LogP contribution >= 0.6 is 0 Å². The first-order chi connectivity index (χ1) is 12.9. The molecule has 0 radical (unpaired) electrons. The first kappa shape index (κ1) is 16.8. The average Bonchev–Trinajstić information content (AvgIpc) is 3.13. The number of nitrogens with zero attached hydrogens (tertiary/aromatic N) is 1. The molecule has 0 aliphatic carbocycles. The number of aryl methyl sites for hydroxylation is 1. The minimum Gasteiger partial charge on any atom is -0.508 e. The molecule has 4 aromatic rings. The zero-order valence-electron chi connectivity index (χ0n) is 14.8. The van der Waals surface area contributed by atoms with E-state index < -0.39 is 10.9 Å². The maximum Gasteiger partial charge on any atom is 0.253 e. The van der Waals surface area contributed by atoms with E-state index in [-0.39, 0.29) is 23.2 Å². The van der Waals surface area contributed by atoms with Crippen molar-refractivity contribution >= 4 is 28.0 Å². The molecule has 0 saturated carbocycles. The number of anilines is 3. The Labute approximate surface area is 154 Å². The lowest BCUT2D eigenvalue weighted by Gasteiger charge is -2.20. The Kier molecular flexibility index (Phi) is 3.92. The van der Waals surface area contributed by atoms with Gasteiger partial charge < -0.3 is 15.7 Å². The van der Waals surface area contributed by atoms with E-state index in [2.05, 4.69) is 20.8 Å². The third-order valence-corrected chi connectivity index (χ3v) is 4.66. The second kappa shape index (κ2) is 6.28. The summed E-state index contributed by atoms with van der Waals surface area (Å²) in [7, 11) is 0. The van der Waals surface area contributed by atoms with Crippen molar-refractivity contribution in [2.45, 2.75) is 19.9 Å². The van der Waals surface area contributed by atoms with Gasteiger partial charge >= 0.3 is 0 Å². The number of H-pyrrole nitrogens is 1. The lowest BCUT2D eigenvalue weighted by atomic mass is 10.1. The molecular weight excluding hydrogens is 344 g/mol. The number of aromatic hydroxyl groups is 1. The number of rotatable bonds is 5. The highest BCUT2D eigenvalue weighted by molar-refractivity contribution is 5.88. The van der Waals surface area contributed by atoms with Gasteiger partial charge in [0, 0.05) is 17.1 Å². The summed E-state index contributed by atoms with van der Waals surface area (Å²) in [4.78, 5) is 24.1. The van der Waals surface area contributed by atoms with Crippen LogP contribution in [0.5, 0.6) is 5.75 Å². The molecule has 0 saturated heterocycles.